The second-order valence-corrected chi connectivity index (χ2v) is 6.34. The van der Waals surface area contributed by atoms with E-state index in [2.05, 4.69) is 0 Å². The van der Waals surface area contributed by atoms with Crippen molar-refractivity contribution in [2.45, 2.75) is 0 Å². The number of Topliss-reactive ketones (excluding diaryl/α,β-unsaturated/α-hetero) is 1. The van der Waals surface area contributed by atoms with Gasteiger partial charge in [-0.1, -0.05) is 23.7 Å². The van der Waals surface area contributed by atoms with E-state index in [4.69, 9.17) is 16.0 Å². The highest BCUT2D eigenvalue weighted by molar-refractivity contribution is 6.33. The molecule has 0 aliphatic heterocycles. The van der Waals surface area contributed by atoms with Crippen LogP contribution in [0.2, 0.25) is 5.02 Å². The van der Waals surface area contributed by atoms with Gasteiger partial charge in [-0.05, 0) is 18.2 Å². The van der Waals surface area contributed by atoms with Gasteiger partial charge >= 0.3 is 0 Å². The van der Waals surface area contributed by atoms with E-state index in [1.54, 1.807) is 6.07 Å². The Kier molecular flexibility index (Phi) is 5.71. The number of carbonyl (C=O) groups excluding carboxylic acids is 1. The highest BCUT2D eigenvalue weighted by Gasteiger charge is 2.18. The fourth-order valence-corrected chi connectivity index (χ4v) is 2.81. The third kappa shape index (κ3) is 4.24. The zero-order chi connectivity index (χ0) is 21.8. The van der Waals surface area contributed by atoms with Gasteiger partial charge in [0.05, 0.1) is 14.9 Å². The monoisotopic (exact) mass is 423 g/mol. The number of rotatable bonds is 6. The van der Waals surface area contributed by atoms with Gasteiger partial charge in [0.25, 0.3) is 11.4 Å². The van der Waals surface area contributed by atoms with Crippen molar-refractivity contribution in [2.24, 2.45) is 0 Å². The summed E-state index contributed by atoms with van der Waals surface area (Å²) in [6.45, 7) is 0. The Labute approximate surface area is 173 Å². The van der Waals surface area contributed by atoms with Crippen LogP contribution in [0, 0.1) is 31.6 Å². The molecule has 0 bridgehead atoms. The largest absolute Gasteiger partial charge is 0.457 e. The lowest BCUT2D eigenvalue weighted by Crippen LogP contribution is -2.02. The van der Waals surface area contributed by atoms with E-state index in [0.29, 0.717) is 0 Å². The first-order valence-electron chi connectivity index (χ1n) is 8.25. The number of halogens is 1. The molecule has 0 amide bonds. The smallest absolute Gasteiger partial charge is 0.270 e. The molecule has 3 rings (SSSR count). The fourth-order valence-electron chi connectivity index (χ4n) is 2.60. The van der Waals surface area contributed by atoms with E-state index in [1.807, 2.05) is 0 Å². The minimum absolute atomic E-state index is 0.0227. The molecule has 2 aromatic carbocycles. The van der Waals surface area contributed by atoms with Crippen LogP contribution in [0.4, 0.5) is 11.4 Å². The Hall–Kier alpha value is -4.29. The van der Waals surface area contributed by atoms with Crippen LogP contribution in [-0.4, -0.2) is 15.6 Å². The summed E-state index contributed by atoms with van der Waals surface area (Å²) >= 11 is 6.09. The van der Waals surface area contributed by atoms with Gasteiger partial charge in [0.15, 0.2) is 0 Å². The Bertz CT molecular complexity index is 1260. The number of allylic oxidation sites excluding steroid dienone is 1. The van der Waals surface area contributed by atoms with Gasteiger partial charge in [0.2, 0.25) is 5.78 Å². The molecule has 1 aromatic heterocycles. The molecule has 0 aliphatic carbocycles. The van der Waals surface area contributed by atoms with E-state index in [1.165, 1.54) is 54.6 Å². The quantitative estimate of drug-likeness (QED) is 0.174. The highest BCUT2D eigenvalue weighted by atomic mass is 35.5. The summed E-state index contributed by atoms with van der Waals surface area (Å²) in [6, 6.07) is 13.6. The van der Waals surface area contributed by atoms with Gasteiger partial charge in [-0.3, -0.25) is 25.0 Å². The van der Waals surface area contributed by atoms with Crippen molar-refractivity contribution in [2.75, 3.05) is 0 Å². The molecule has 0 N–H and O–H groups in total. The predicted molar refractivity (Wildman–Crippen MR) is 107 cm³/mol. The lowest BCUT2D eigenvalue weighted by atomic mass is 10.0. The maximum absolute atomic E-state index is 12.6. The average Bonchev–Trinajstić information content (AvgIpc) is 3.20. The van der Waals surface area contributed by atoms with Crippen LogP contribution < -0.4 is 0 Å². The molecule has 148 valence electrons. The molecule has 0 fully saturated rings. The molecule has 0 saturated heterocycles. The van der Waals surface area contributed by atoms with Crippen LogP contribution in [0.25, 0.3) is 17.4 Å². The van der Waals surface area contributed by atoms with Crippen molar-refractivity contribution < 1.29 is 19.1 Å². The number of ketones is 1. The Balaban J connectivity index is 1.95. The zero-order valence-electron chi connectivity index (χ0n) is 14.9. The fraction of sp³-hybridized carbons (Fsp3) is 0. The number of carbonyl (C=O) groups is 1. The van der Waals surface area contributed by atoms with Gasteiger partial charge in [-0.2, -0.15) is 5.26 Å². The lowest BCUT2D eigenvalue weighted by molar-refractivity contribution is -0.385. The van der Waals surface area contributed by atoms with Gasteiger partial charge < -0.3 is 4.42 Å². The number of nitro groups is 2. The molecule has 1 heterocycles. The standard InChI is InChI=1S/C20H10ClN3O6/c21-18-6-4-15(24(28)29)10-17(18)19-7-5-16(30-19)9-13(11-22)20(25)12-2-1-3-14(8-12)23(26)27/h1-10H. The number of furan rings is 1. The van der Waals surface area contributed by atoms with E-state index in [9.17, 15) is 30.3 Å². The van der Waals surface area contributed by atoms with Crippen LogP contribution in [0.3, 0.4) is 0 Å². The summed E-state index contributed by atoms with van der Waals surface area (Å²) in [7, 11) is 0. The Morgan fingerprint density at radius 1 is 1.03 bits per heavy atom. The maximum atomic E-state index is 12.6. The van der Waals surface area contributed by atoms with Crippen LogP contribution in [-0.2, 0) is 0 Å². The van der Waals surface area contributed by atoms with E-state index in [0.717, 1.165) is 6.07 Å². The third-order valence-electron chi connectivity index (χ3n) is 4.02. The zero-order valence-corrected chi connectivity index (χ0v) is 15.7. The number of nitrogens with zero attached hydrogens (tertiary/aromatic N) is 3. The second kappa shape index (κ2) is 8.38. The molecule has 0 radical (unpaired) electrons. The molecular formula is C20H10ClN3O6. The van der Waals surface area contributed by atoms with Crippen molar-refractivity contribution in [3.8, 4) is 17.4 Å². The summed E-state index contributed by atoms with van der Waals surface area (Å²) in [6.07, 6.45) is 1.18. The Morgan fingerprint density at radius 3 is 2.40 bits per heavy atom. The van der Waals surface area contributed by atoms with Gasteiger partial charge in [0, 0.05) is 41.5 Å². The summed E-state index contributed by atoms with van der Waals surface area (Å²) < 4.78 is 5.57. The minimum atomic E-state index is -0.715. The Morgan fingerprint density at radius 2 is 1.73 bits per heavy atom. The van der Waals surface area contributed by atoms with Crippen molar-refractivity contribution >= 4 is 34.8 Å². The van der Waals surface area contributed by atoms with Crippen LogP contribution in [0.1, 0.15) is 16.1 Å². The minimum Gasteiger partial charge on any atom is -0.457 e. The molecule has 10 heteroatoms. The van der Waals surface area contributed by atoms with Crippen LogP contribution in [0.5, 0.6) is 0 Å². The molecule has 0 saturated carbocycles. The topological polar surface area (TPSA) is 140 Å². The first kappa shape index (κ1) is 20.4. The summed E-state index contributed by atoms with van der Waals surface area (Å²) in [4.78, 5) is 33.2. The number of hydrogen-bond acceptors (Lipinski definition) is 7. The first-order chi connectivity index (χ1) is 14.3. The normalized spacial score (nSPS) is 11.0. The average molecular weight is 424 g/mol. The highest BCUT2D eigenvalue weighted by Crippen LogP contribution is 2.33. The third-order valence-corrected chi connectivity index (χ3v) is 4.35. The van der Waals surface area contributed by atoms with Gasteiger partial charge in [-0.15, -0.1) is 0 Å². The molecule has 0 unspecified atom stereocenters. The van der Waals surface area contributed by atoms with Gasteiger partial charge in [-0.25, -0.2) is 0 Å². The van der Waals surface area contributed by atoms with Crippen molar-refractivity contribution in [1.82, 2.24) is 0 Å². The molecule has 30 heavy (non-hydrogen) atoms. The van der Waals surface area contributed by atoms with Crippen LogP contribution in [0.15, 0.2) is 64.6 Å². The maximum Gasteiger partial charge on any atom is 0.270 e. The number of hydrogen-bond donors (Lipinski definition) is 0. The molecule has 0 spiro atoms. The molecule has 0 aliphatic rings. The van der Waals surface area contributed by atoms with E-state index < -0.39 is 15.6 Å². The van der Waals surface area contributed by atoms with Crippen molar-refractivity contribution in [3.05, 3.63) is 96.7 Å². The molecule has 3 aromatic rings. The molecule has 0 atom stereocenters. The number of non-ortho nitro benzene ring substituents is 2. The summed E-state index contributed by atoms with van der Waals surface area (Å²) in [5, 5.41) is 31.4. The van der Waals surface area contributed by atoms with E-state index in [-0.39, 0.29) is 44.6 Å². The lowest BCUT2D eigenvalue weighted by Gasteiger charge is -2.01. The van der Waals surface area contributed by atoms with Crippen molar-refractivity contribution in [1.29, 1.82) is 5.26 Å². The SMILES string of the molecule is N#CC(=Cc1ccc(-c2cc([N+](=O)[O-])ccc2Cl)o1)C(=O)c1cccc([N+](=O)[O-])c1. The molecule has 9 nitrogen and oxygen atoms in total. The first-order valence-corrected chi connectivity index (χ1v) is 8.63. The summed E-state index contributed by atoms with van der Waals surface area (Å²) in [5.74, 6) is -0.384. The number of nitro benzene ring substituents is 2. The molecular weight excluding hydrogens is 414 g/mol. The summed E-state index contributed by atoms with van der Waals surface area (Å²) in [5.41, 5.74) is -0.513. The van der Waals surface area contributed by atoms with Crippen molar-refractivity contribution in [3.63, 3.8) is 0 Å². The van der Waals surface area contributed by atoms with Crippen LogP contribution >= 0.6 is 11.6 Å². The van der Waals surface area contributed by atoms with Gasteiger partial charge in [0.1, 0.15) is 23.2 Å². The number of benzene rings is 2. The van der Waals surface area contributed by atoms with E-state index >= 15 is 0 Å². The predicted octanol–water partition coefficient (Wildman–Crippen LogP) is 5.21. The second-order valence-electron chi connectivity index (χ2n) is 5.93. The number of nitriles is 1.